The van der Waals surface area contributed by atoms with E-state index in [0.717, 1.165) is 25.4 Å². The Labute approximate surface area is 115 Å². The van der Waals surface area contributed by atoms with E-state index < -0.39 is 0 Å². The molecule has 3 nitrogen and oxygen atoms in total. The average molecular weight is 261 g/mol. The van der Waals surface area contributed by atoms with Crippen molar-refractivity contribution in [1.82, 2.24) is 5.32 Å². The van der Waals surface area contributed by atoms with Crippen molar-refractivity contribution in [2.24, 2.45) is 0 Å². The van der Waals surface area contributed by atoms with E-state index in [-0.39, 0.29) is 6.10 Å². The van der Waals surface area contributed by atoms with Gasteiger partial charge in [0.25, 0.3) is 0 Å². The van der Waals surface area contributed by atoms with E-state index in [2.05, 4.69) is 17.4 Å². The number of methoxy groups -OCH3 is 1. The quantitative estimate of drug-likeness (QED) is 0.830. The molecule has 3 heteroatoms. The summed E-state index contributed by atoms with van der Waals surface area (Å²) in [5, 5.41) is 3.43. The van der Waals surface area contributed by atoms with Gasteiger partial charge in [0.15, 0.2) is 0 Å². The number of morpholine rings is 1. The first kappa shape index (κ1) is 12.9. The molecule has 0 radical (unpaired) electrons. The van der Waals surface area contributed by atoms with Gasteiger partial charge in [-0.3, -0.25) is 0 Å². The van der Waals surface area contributed by atoms with E-state index in [1.54, 1.807) is 7.11 Å². The summed E-state index contributed by atoms with van der Waals surface area (Å²) in [7, 11) is 1.76. The molecule has 19 heavy (non-hydrogen) atoms. The van der Waals surface area contributed by atoms with Gasteiger partial charge < -0.3 is 14.8 Å². The van der Waals surface area contributed by atoms with Gasteiger partial charge in [-0.15, -0.1) is 0 Å². The third-order valence-electron chi connectivity index (χ3n) is 4.26. The van der Waals surface area contributed by atoms with Crippen LogP contribution in [-0.2, 0) is 17.6 Å². The Balaban J connectivity index is 2.02. The lowest BCUT2D eigenvalue weighted by Gasteiger charge is -2.28. The second kappa shape index (κ2) is 5.93. The number of nitrogens with one attached hydrogen (secondary N) is 1. The van der Waals surface area contributed by atoms with Gasteiger partial charge in [0.05, 0.1) is 19.8 Å². The van der Waals surface area contributed by atoms with Gasteiger partial charge in [-0.1, -0.05) is 12.5 Å². The molecule has 0 saturated carbocycles. The van der Waals surface area contributed by atoms with Crippen molar-refractivity contribution in [2.45, 2.75) is 38.2 Å². The molecule has 2 aliphatic rings. The average Bonchev–Trinajstić information content (AvgIpc) is 2.72. The number of fused-ring (bicyclic) bond motifs is 1. The van der Waals surface area contributed by atoms with E-state index in [9.17, 15) is 0 Å². The lowest BCUT2D eigenvalue weighted by Crippen LogP contribution is -2.34. The summed E-state index contributed by atoms with van der Waals surface area (Å²) in [6.45, 7) is 2.64. The summed E-state index contributed by atoms with van der Waals surface area (Å²) in [5.41, 5.74) is 4.29. The number of ether oxygens (including phenoxy) is 2. The largest absolute Gasteiger partial charge is 0.496 e. The fourth-order valence-electron chi connectivity index (χ4n) is 3.29. The SMILES string of the molecule is COc1ccc2c(c1C1CNCCO1)CCCCC2. The molecular weight excluding hydrogens is 238 g/mol. The number of benzene rings is 1. The Morgan fingerprint density at radius 2 is 2.11 bits per heavy atom. The van der Waals surface area contributed by atoms with Crippen molar-refractivity contribution in [3.05, 3.63) is 28.8 Å². The predicted octanol–water partition coefficient (Wildman–Crippen LogP) is 2.63. The van der Waals surface area contributed by atoms with Crippen LogP contribution in [0.4, 0.5) is 0 Å². The summed E-state index contributed by atoms with van der Waals surface area (Å²) >= 11 is 0. The Bertz CT molecular complexity index is 439. The molecule has 1 aromatic rings. The maximum absolute atomic E-state index is 5.97. The van der Waals surface area contributed by atoms with Gasteiger partial charge in [-0.2, -0.15) is 0 Å². The van der Waals surface area contributed by atoms with E-state index in [1.807, 2.05) is 0 Å². The van der Waals surface area contributed by atoms with Crippen LogP contribution in [-0.4, -0.2) is 26.8 Å². The molecule has 1 aliphatic heterocycles. The van der Waals surface area contributed by atoms with Crippen LogP contribution in [0, 0.1) is 0 Å². The zero-order chi connectivity index (χ0) is 13.1. The fraction of sp³-hybridized carbons (Fsp3) is 0.625. The normalized spacial score (nSPS) is 23.5. The minimum absolute atomic E-state index is 0.150. The summed E-state index contributed by atoms with van der Waals surface area (Å²) in [5.74, 6) is 0.995. The Hall–Kier alpha value is -1.06. The second-order valence-electron chi connectivity index (χ2n) is 5.44. The fourth-order valence-corrected chi connectivity index (χ4v) is 3.29. The lowest BCUT2D eigenvalue weighted by atomic mass is 9.92. The molecule has 1 aromatic carbocycles. The number of aryl methyl sites for hydroxylation is 1. The third-order valence-corrected chi connectivity index (χ3v) is 4.26. The van der Waals surface area contributed by atoms with Crippen LogP contribution in [0.25, 0.3) is 0 Å². The van der Waals surface area contributed by atoms with Crippen LogP contribution in [0.15, 0.2) is 12.1 Å². The molecule has 1 saturated heterocycles. The maximum Gasteiger partial charge on any atom is 0.125 e. The molecule has 1 atom stereocenters. The van der Waals surface area contributed by atoms with Crippen molar-refractivity contribution >= 4 is 0 Å². The van der Waals surface area contributed by atoms with E-state index in [0.29, 0.717) is 0 Å². The number of hydrogen-bond acceptors (Lipinski definition) is 3. The zero-order valence-corrected chi connectivity index (χ0v) is 11.7. The number of hydrogen-bond donors (Lipinski definition) is 1. The topological polar surface area (TPSA) is 30.5 Å². The molecule has 1 unspecified atom stereocenters. The molecule has 0 aromatic heterocycles. The van der Waals surface area contributed by atoms with Crippen LogP contribution < -0.4 is 10.1 Å². The first-order valence-electron chi connectivity index (χ1n) is 7.41. The molecule has 0 spiro atoms. The molecule has 0 bridgehead atoms. The minimum Gasteiger partial charge on any atom is -0.496 e. The van der Waals surface area contributed by atoms with Crippen molar-refractivity contribution in [3.63, 3.8) is 0 Å². The van der Waals surface area contributed by atoms with Gasteiger partial charge in [0.2, 0.25) is 0 Å². The van der Waals surface area contributed by atoms with E-state index >= 15 is 0 Å². The highest BCUT2D eigenvalue weighted by atomic mass is 16.5. The first-order chi connectivity index (χ1) is 9.40. The molecule has 1 fully saturated rings. The smallest absolute Gasteiger partial charge is 0.125 e. The van der Waals surface area contributed by atoms with Crippen LogP contribution in [0.3, 0.4) is 0 Å². The highest BCUT2D eigenvalue weighted by Crippen LogP contribution is 2.36. The molecule has 1 aliphatic carbocycles. The molecule has 0 amide bonds. The van der Waals surface area contributed by atoms with E-state index in [4.69, 9.17) is 9.47 Å². The summed E-state index contributed by atoms with van der Waals surface area (Å²) in [4.78, 5) is 0. The monoisotopic (exact) mass is 261 g/mol. The summed E-state index contributed by atoms with van der Waals surface area (Å²) in [6, 6.07) is 4.37. The van der Waals surface area contributed by atoms with E-state index in [1.165, 1.54) is 48.8 Å². The van der Waals surface area contributed by atoms with Crippen LogP contribution in [0.2, 0.25) is 0 Å². The Kier molecular flexibility index (Phi) is 4.04. The predicted molar refractivity (Wildman–Crippen MR) is 75.8 cm³/mol. The highest BCUT2D eigenvalue weighted by Gasteiger charge is 2.25. The molecule has 1 heterocycles. The molecule has 3 rings (SSSR count). The maximum atomic E-state index is 5.97. The second-order valence-corrected chi connectivity index (χ2v) is 5.44. The van der Waals surface area contributed by atoms with Crippen molar-refractivity contribution in [1.29, 1.82) is 0 Å². The van der Waals surface area contributed by atoms with Crippen LogP contribution in [0.1, 0.15) is 42.1 Å². The van der Waals surface area contributed by atoms with Crippen LogP contribution in [0.5, 0.6) is 5.75 Å². The van der Waals surface area contributed by atoms with Gasteiger partial charge in [-0.25, -0.2) is 0 Å². The highest BCUT2D eigenvalue weighted by molar-refractivity contribution is 5.47. The zero-order valence-electron chi connectivity index (χ0n) is 11.7. The molecular formula is C16H23NO2. The summed E-state index contributed by atoms with van der Waals surface area (Å²) in [6.07, 6.45) is 6.45. The van der Waals surface area contributed by atoms with Crippen LogP contribution >= 0.6 is 0 Å². The van der Waals surface area contributed by atoms with Crippen molar-refractivity contribution < 1.29 is 9.47 Å². The van der Waals surface area contributed by atoms with Gasteiger partial charge >= 0.3 is 0 Å². The van der Waals surface area contributed by atoms with Gasteiger partial charge in [0.1, 0.15) is 5.75 Å². The number of rotatable bonds is 2. The Morgan fingerprint density at radius 3 is 2.89 bits per heavy atom. The first-order valence-corrected chi connectivity index (χ1v) is 7.41. The van der Waals surface area contributed by atoms with Gasteiger partial charge in [0, 0.05) is 18.7 Å². The molecule has 104 valence electrons. The lowest BCUT2D eigenvalue weighted by molar-refractivity contribution is 0.0256. The summed E-state index contributed by atoms with van der Waals surface area (Å²) < 4.78 is 11.6. The van der Waals surface area contributed by atoms with Gasteiger partial charge in [-0.05, 0) is 42.9 Å². The standard InChI is InChI=1S/C16H23NO2/c1-18-14-8-7-12-5-3-2-4-6-13(12)16(14)15-11-17-9-10-19-15/h7-8,15,17H,2-6,9-11H2,1H3. The van der Waals surface area contributed by atoms with Crippen molar-refractivity contribution in [2.75, 3.05) is 26.8 Å². The minimum atomic E-state index is 0.150. The van der Waals surface area contributed by atoms with Crippen molar-refractivity contribution in [3.8, 4) is 5.75 Å². The molecule has 1 N–H and O–H groups in total. The Morgan fingerprint density at radius 1 is 1.21 bits per heavy atom. The third kappa shape index (κ3) is 2.63.